The lowest BCUT2D eigenvalue weighted by Crippen LogP contribution is -2.63. The summed E-state index contributed by atoms with van der Waals surface area (Å²) in [5.74, 6) is -28.8. The van der Waals surface area contributed by atoms with Gasteiger partial charge in [0, 0.05) is 19.4 Å². The van der Waals surface area contributed by atoms with E-state index in [0.29, 0.717) is 17.5 Å². The van der Waals surface area contributed by atoms with Gasteiger partial charge in [0.2, 0.25) is 124 Å². The molecule has 0 spiro atoms. The van der Waals surface area contributed by atoms with E-state index >= 15 is 0 Å². The van der Waals surface area contributed by atoms with Crippen LogP contribution >= 0.6 is 0 Å². The standard InChI is InChI=1S/C86H132N22O32/c1-11-40(5)66(104-70(123)42(7)93-71(124)49(87)28-47-20-22-48(115)23-21-47)81(134)92-32-62(118)90-33-63(119)96-55(35-109)76(129)103-58(38-112)79(132)100-54(31-61(89)117)85(138)108-26-16-19-59(108)80(133)107-69(45(10)114)84(137)105-67(41(6)12-2)82(135)99-51(27-39(3)4)73(126)101-56(36-110)77(130)97-50(24-25-65(121)122)72(125)91-34-64(120)95-53(30-60(88)116)74(127)102-57(37-111)78(131)98-52(29-46-17-14-13-15-18-46)75(128)106-68(44(9)113)83(136)94-43(8)86(139)140/h13-15,17-18,20-23,39-45,49-59,66-69,109-115H,11-12,16,19,24-38,87H2,1-10H3,(H2,88,116)(H2,89,117)(H,90,118)(H,91,125)(H,92,134)(H,93,124)(H,94,136)(H,95,120)(H,96,119)(H,97,130)(H,98,131)(H,99,135)(H,100,132)(H,101,126)(H,102,127)(H,103,129)(H,104,123)(H,105,137)(H,106,128)(H,107,133)(H,121,122)(H,139,140)/t40-,41-,42-,43-,44+,45+,49-,50-,51-,52-,53-,54-,55-,56-,57-,58-,59-,66-,67-,68-,69-/m0/s1. The molecule has 0 unspecified atom stereocenters. The number of phenols is 1. The normalized spacial score (nSPS) is 16.5. The molecule has 1 aliphatic rings. The lowest BCUT2D eigenvalue weighted by molar-refractivity contribution is -0.144. The third-order valence-electron chi connectivity index (χ3n) is 21.9. The molecule has 54 nitrogen and oxygen atoms in total. The molecule has 2 aromatic rings. The van der Waals surface area contributed by atoms with Gasteiger partial charge in [0.05, 0.1) is 77.2 Å². The molecular weight excluding hydrogens is 1850 g/mol. The predicted molar refractivity (Wildman–Crippen MR) is 486 cm³/mol. The summed E-state index contributed by atoms with van der Waals surface area (Å²) in [6, 6.07) is -15.1. The molecule has 1 fully saturated rings. The van der Waals surface area contributed by atoms with E-state index in [1.54, 1.807) is 65.0 Å². The number of aliphatic hydroxyl groups is 6. The number of phenolic OH excluding ortho intramolecular Hbond substituents is 1. The zero-order valence-corrected chi connectivity index (χ0v) is 78.9. The molecule has 0 aliphatic carbocycles. The number of nitrogens with two attached hydrogens (primary N) is 3. The number of carbonyl (C=O) groups is 23. The molecule has 0 aromatic heterocycles. The van der Waals surface area contributed by atoms with E-state index in [0.717, 1.165) is 25.7 Å². The number of carboxylic acid groups (broad SMARTS) is 2. The largest absolute Gasteiger partial charge is 0.508 e. The van der Waals surface area contributed by atoms with Crippen LogP contribution in [-0.4, -0.2) is 354 Å². The van der Waals surface area contributed by atoms with Crippen molar-refractivity contribution in [1.82, 2.24) is 101 Å². The average molecular weight is 1990 g/mol. The highest BCUT2D eigenvalue weighted by atomic mass is 16.4. The van der Waals surface area contributed by atoms with Gasteiger partial charge >= 0.3 is 11.9 Å². The Bertz CT molecular complexity index is 4670. The maximum absolute atomic E-state index is 14.5. The van der Waals surface area contributed by atoms with E-state index in [2.05, 4.69) is 95.7 Å². The number of nitrogens with one attached hydrogen (secondary N) is 18. The molecule has 0 saturated carbocycles. The summed E-state index contributed by atoms with van der Waals surface area (Å²) in [4.78, 5) is 308. The van der Waals surface area contributed by atoms with Crippen molar-refractivity contribution in [3.8, 4) is 5.75 Å². The van der Waals surface area contributed by atoms with Gasteiger partial charge in [-0.1, -0.05) is 96.8 Å². The summed E-state index contributed by atoms with van der Waals surface area (Å²) in [6.07, 6.45) is -7.09. The molecule has 21 atom stereocenters. The summed E-state index contributed by atoms with van der Waals surface area (Å²) in [6.45, 7) is 6.41. The number of aromatic hydroxyl groups is 1. The summed E-state index contributed by atoms with van der Waals surface area (Å²) >= 11 is 0. The van der Waals surface area contributed by atoms with Gasteiger partial charge in [0.1, 0.15) is 102 Å². The third-order valence-corrected chi connectivity index (χ3v) is 21.9. The van der Waals surface area contributed by atoms with E-state index in [1.165, 1.54) is 38.1 Å². The molecule has 1 saturated heterocycles. The minimum absolute atomic E-state index is 0.00149. The second kappa shape index (κ2) is 59.8. The Labute approximate surface area is 803 Å². The Morgan fingerprint density at radius 2 is 0.786 bits per heavy atom. The first kappa shape index (κ1) is 120. The van der Waals surface area contributed by atoms with Crippen LogP contribution in [0, 0.1) is 17.8 Å². The molecule has 2 aromatic carbocycles. The first-order chi connectivity index (χ1) is 65.7. The number of nitrogens with zero attached hydrogens (tertiary/aromatic N) is 1. The van der Waals surface area contributed by atoms with Gasteiger partial charge < -0.3 is 164 Å². The highest BCUT2D eigenvalue weighted by Gasteiger charge is 2.44. The van der Waals surface area contributed by atoms with Crippen molar-refractivity contribution in [1.29, 1.82) is 0 Å². The van der Waals surface area contributed by atoms with Crippen molar-refractivity contribution in [2.45, 2.75) is 255 Å². The molecule has 1 heterocycles. The van der Waals surface area contributed by atoms with E-state index in [4.69, 9.17) is 17.2 Å². The van der Waals surface area contributed by atoms with Crippen molar-refractivity contribution in [2.75, 3.05) is 52.6 Å². The quantitative estimate of drug-likeness (QED) is 0.0292. The fraction of sp³-hybridized carbons (Fsp3) is 0.593. The lowest BCUT2D eigenvalue weighted by Gasteiger charge is -2.32. The van der Waals surface area contributed by atoms with Gasteiger partial charge in [0.25, 0.3) is 0 Å². The Hall–Kier alpha value is -14.2. The van der Waals surface area contributed by atoms with Crippen LogP contribution in [-0.2, 0) is 123 Å². The van der Waals surface area contributed by atoms with E-state index in [-0.39, 0.29) is 50.8 Å². The van der Waals surface area contributed by atoms with Gasteiger partial charge in [-0.15, -0.1) is 0 Å². The van der Waals surface area contributed by atoms with Crippen LogP contribution in [0.25, 0.3) is 0 Å². The summed E-state index contributed by atoms with van der Waals surface area (Å²) < 4.78 is 0. The Morgan fingerprint density at radius 1 is 0.393 bits per heavy atom. The zero-order valence-electron chi connectivity index (χ0n) is 78.9. The van der Waals surface area contributed by atoms with Crippen molar-refractivity contribution in [3.05, 3.63) is 65.7 Å². The zero-order chi connectivity index (χ0) is 106. The van der Waals surface area contributed by atoms with Crippen LogP contribution in [0.15, 0.2) is 54.6 Å². The molecule has 54 heteroatoms. The number of aliphatic hydroxyl groups excluding tert-OH is 6. The van der Waals surface area contributed by atoms with Gasteiger partial charge in [0.15, 0.2) is 0 Å². The van der Waals surface area contributed by atoms with Gasteiger partial charge in [-0.25, -0.2) is 0 Å². The van der Waals surface area contributed by atoms with Crippen LogP contribution in [0.2, 0.25) is 0 Å². The predicted octanol–water partition coefficient (Wildman–Crippen LogP) is -13.3. The Morgan fingerprint density at radius 3 is 1.28 bits per heavy atom. The minimum Gasteiger partial charge on any atom is -0.508 e. The van der Waals surface area contributed by atoms with E-state index in [1.807, 2.05) is 0 Å². The van der Waals surface area contributed by atoms with Crippen LogP contribution in [0.3, 0.4) is 0 Å². The third kappa shape index (κ3) is 40.8. The first-order valence-corrected chi connectivity index (χ1v) is 44.8. The number of aliphatic carboxylic acids is 2. The topological polar surface area (TPSA) is 873 Å². The molecule has 140 heavy (non-hydrogen) atoms. The maximum Gasteiger partial charge on any atom is 0.325 e. The number of amides is 21. The summed E-state index contributed by atoms with van der Waals surface area (Å²) in [7, 11) is 0. The monoisotopic (exact) mass is 1980 g/mol. The van der Waals surface area contributed by atoms with Crippen LogP contribution in [0.5, 0.6) is 5.75 Å². The highest BCUT2D eigenvalue weighted by Crippen LogP contribution is 2.22. The number of hydrogen-bond acceptors (Lipinski definition) is 31. The van der Waals surface area contributed by atoms with Crippen molar-refractivity contribution < 1.29 is 156 Å². The molecule has 3 rings (SSSR count). The number of likely N-dealkylation sites (tertiary alicyclic amines) is 1. The Balaban J connectivity index is 1.71. The second-order valence-corrected chi connectivity index (χ2v) is 33.9. The number of rotatable bonds is 61. The van der Waals surface area contributed by atoms with Gasteiger partial charge in [-0.2, -0.15) is 0 Å². The number of carbonyl (C=O) groups excluding carboxylic acids is 21. The minimum atomic E-state index is -2.01. The maximum atomic E-state index is 14.5. The van der Waals surface area contributed by atoms with Crippen molar-refractivity contribution >= 4 is 136 Å². The molecule has 33 N–H and O–H groups in total. The molecule has 0 bridgehead atoms. The van der Waals surface area contributed by atoms with Gasteiger partial charge in [-0.05, 0) is 101 Å². The lowest BCUT2D eigenvalue weighted by atomic mass is 9.96. The summed E-state index contributed by atoms with van der Waals surface area (Å²) in [5, 5.41) is 132. The second-order valence-electron chi connectivity index (χ2n) is 33.9. The summed E-state index contributed by atoms with van der Waals surface area (Å²) in [5.41, 5.74) is 17.9. The Kier molecular flexibility index (Phi) is 51.2. The molecular formula is C86H132N22O32. The van der Waals surface area contributed by atoms with Gasteiger partial charge in [-0.3, -0.25) is 110 Å². The number of primary amides is 2. The number of carboxylic acids is 2. The smallest absolute Gasteiger partial charge is 0.325 e. The fourth-order valence-corrected chi connectivity index (χ4v) is 13.6. The highest BCUT2D eigenvalue weighted by molar-refractivity contribution is 6.03. The molecule has 778 valence electrons. The van der Waals surface area contributed by atoms with Crippen molar-refractivity contribution in [2.24, 2.45) is 35.0 Å². The first-order valence-electron chi connectivity index (χ1n) is 44.8. The average Bonchev–Trinajstić information content (AvgIpc) is 1.72. The van der Waals surface area contributed by atoms with Crippen LogP contribution < -0.4 is 113 Å². The number of benzene rings is 2. The van der Waals surface area contributed by atoms with E-state index in [9.17, 15) is 156 Å². The number of hydrogen-bond donors (Lipinski definition) is 30. The SMILES string of the molecule is CC[C@H](C)[C@H](NC(=O)[C@H](C)NC(=O)[C@@H](N)Cc1ccc(O)cc1)C(=O)NCC(=O)NCC(=O)N[C@@H](CO)C(=O)N[C@@H](CO)C(=O)N[C@@H](CC(N)=O)C(=O)N1CCC[C@H]1C(=O)N[C@H](C(=O)N[C@H](C(=O)N[C@@H](CC(C)C)C(=O)N[C@@H](CO)C(=O)N[C@@H](CCC(=O)O)C(=O)NCC(=O)N[C@@H](CC(N)=O)C(=O)N[C@@H](CO)C(=O)N[C@@H](Cc1ccccc1)C(=O)N[C@H](C(=O)N[C@@H](C)C(=O)O)[C@@H](C)O)[C@@H](C)CC)[C@@H](C)O. The van der Waals surface area contributed by atoms with Crippen molar-refractivity contribution in [3.63, 3.8) is 0 Å². The molecule has 0 radical (unpaired) electrons. The molecule has 1 aliphatic heterocycles. The van der Waals surface area contributed by atoms with Crippen LogP contribution in [0.4, 0.5) is 0 Å². The van der Waals surface area contributed by atoms with E-state index < -0.39 is 340 Å². The van der Waals surface area contributed by atoms with Crippen LogP contribution in [0.1, 0.15) is 138 Å². The fourth-order valence-electron chi connectivity index (χ4n) is 13.6. The molecule has 21 amide bonds.